The van der Waals surface area contributed by atoms with Crippen LogP contribution >= 0.6 is 15.9 Å². The monoisotopic (exact) mass is 256 g/mol. The van der Waals surface area contributed by atoms with Crippen molar-refractivity contribution in [1.29, 1.82) is 0 Å². The molecule has 0 bridgehead atoms. The second-order valence-electron chi connectivity index (χ2n) is 2.10. The van der Waals surface area contributed by atoms with Gasteiger partial charge in [0.1, 0.15) is 11.7 Å². The maximum atomic E-state index is 12.7. The van der Waals surface area contributed by atoms with Crippen molar-refractivity contribution in [2.24, 2.45) is 0 Å². The van der Waals surface area contributed by atoms with E-state index in [0.717, 1.165) is 0 Å². The third-order valence-corrected chi connectivity index (χ3v) is 1.82. The topological polar surface area (TPSA) is 0 Å². The molecule has 1 rings (SSSR count). The fraction of sp³-hybridized carbons (Fsp3) is 0.333. The summed E-state index contributed by atoms with van der Waals surface area (Å²) >= 11 is 2.20. The van der Waals surface area contributed by atoms with Crippen LogP contribution in [-0.4, -0.2) is 33.8 Å². The fourth-order valence-corrected chi connectivity index (χ4v) is 1.12. The molecule has 2 unspecified atom stereocenters. The molecular weight excluding hydrogens is 252 g/mol. The summed E-state index contributed by atoms with van der Waals surface area (Å²) in [7, 11) is 0. The quantitative estimate of drug-likeness (QED) is 0.355. The summed E-state index contributed by atoms with van der Waals surface area (Å²) in [6.45, 7) is 0. The van der Waals surface area contributed by atoms with Gasteiger partial charge in [-0.05, 0) is 15.9 Å². The first kappa shape index (κ1) is 12.4. The van der Waals surface area contributed by atoms with E-state index in [1.54, 1.807) is 0 Å². The van der Waals surface area contributed by atoms with E-state index in [-0.39, 0.29) is 25.9 Å². The van der Waals surface area contributed by atoms with Crippen molar-refractivity contribution in [3.8, 4) is 0 Å². The summed E-state index contributed by atoms with van der Waals surface area (Å²) in [6.07, 6.45) is -1.83. The van der Waals surface area contributed by atoms with E-state index in [2.05, 4.69) is 15.9 Å². The molecule has 6 heteroatoms. The predicted octanol–water partition coefficient (Wildman–Crippen LogP) is 2.95. The summed E-state index contributed by atoms with van der Waals surface area (Å²) in [5, 5.41) is 0. The van der Waals surface area contributed by atoms with Crippen molar-refractivity contribution in [2.75, 3.05) is 0 Å². The molecule has 0 aromatic heterocycles. The third-order valence-electron chi connectivity index (χ3n) is 1.19. The summed E-state index contributed by atoms with van der Waals surface area (Å²) < 4.78 is 46.9. The van der Waals surface area contributed by atoms with Gasteiger partial charge in [-0.15, -0.1) is 0 Å². The molecule has 2 atom stereocenters. The largest absolute Gasteiger partial charge is 2.00 e. The first-order chi connectivity index (χ1) is 4.93. The second kappa shape index (κ2) is 4.10. The summed E-state index contributed by atoms with van der Waals surface area (Å²) in [5.41, 5.74) is 0. The van der Waals surface area contributed by atoms with Gasteiger partial charge < -0.3 is 2.85 Å². The molecule has 0 heterocycles. The van der Waals surface area contributed by atoms with Crippen LogP contribution in [0, 0.1) is 0 Å². The van der Waals surface area contributed by atoms with Gasteiger partial charge in [-0.3, -0.25) is 0 Å². The Kier molecular flexibility index (Phi) is 4.26. The molecule has 0 aromatic carbocycles. The van der Waals surface area contributed by atoms with Gasteiger partial charge in [-0.25, -0.2) is 17.6 Å². The molecule has 0 saturated heterocycles. The van der Waals surface area contributed by atoms with Gasteiger partial charge in [0.25, 0.3) is 0 Å². The number of rotatable bonds is 0. The van der Waals surface area contributed by atoms with Crippen molar-refractivity contribution < 1.29 is 20.4 Å². The number of halogens is 5. The van der Waals surface area contributed by atoms with Crippen LogP contribution < -0.4 is 0 Å². The number of hydrogen-bond acceptors (Lipinski definition) is 0. The van der Waals surface area contributed by atoms with Crippen molar-refractivity contribution in [3.63, 3.8) is 0 Å². The van der Waals surface area contributed by atoms with Gasteiger partial charge in [0.2, 0.25) is 4.58 Å². The Morgan fingerprint density at radius 3 is 2.42 bits per heavy atom. The van der Waals surface area contributed by atoms with E-state index in [1.807, 2.05) is 0 Å². The second-order valence-corrected chi connectivity index (χ2v) is 3.31. The molecule has 0 aromatic rings. The van der Waals surface area contributed by atoms with Crippen molar-refractivity contribution in [2.45, 2.75) is 10.7 Å². The van der Waals surface area contributed by atoms with Crippen molar-refractivity contribution >= 4 is 39.0 Å². The minimum Gasteiger partial charge on any atom is -1.00 e. The Balaban J connectivity index is -0.000000403. The van der Waals surface area contributed by atoms with Gasteiger partial charge in [-0.2, -0.15) is 0 Å². The van der Waals surface area contributed by atoms with Gasteiger partial charge in [0.15, 0.2) is 6.17 Å². The van der Waals surface area contributed by atoms with Crippen LogP contribution in [0.3, 0.4) is 0 Å². The molecular formula is C6H5BrF4Mg. The van der Waals surface area contributed by atoms with Crippen LogP contribution in [0.4, 0.5) is 17.6 Å². The first-order valence-corrected chi connectivity index (χ1v) is 3.50. The number of allylic oxidation sites excluding steroid dienone is 4. The predicted molar refractivity (Wildman–Crippen MR) is 44.0 cm³/mol. The molecule has 1 aliphatic carbocycles. The van der Waals surface area contributed by atoms with Gasteiger partial charge in [0.05, 0.1) is 0 Å². The number of alkyl halides is 3. The van der Waals surface area contributed by atoms with Crippen LogP contribution in [0.1, 0.15) is 2.85 Å². The zero-order chi connectivity index (χ0) is 8.65. The molecule has 12 heavy (non-hydrogen) atoms. The molecule has 0 N–H and O–H groups in total. The Labute approximate surface area is 93.9 Å². The summed E-state index contributed by atoms with van der Waals surface area (Å²) in [4.78, 5) is 0. The zero-order valence-electron chi connectivity index (χ0n) is 7.83. The van der Waals surface area contributed by atoms with E-state index in [4.69, 9.17) is 0 Å². The molecule has 0 fully saturated rings. The van der Waals surface area contributed by atoms with Crippen LogP contribution in [0.25, 0.3) is 0 Å². The van der Waals surface area contributed by atoms with Crippen LogP contribution in [0.15, 0.2) is 23.8 Å². The first-order valence-electron chi connectivity index (χ1n) is 2.71. The maximum Gasteiger partial charge on any atom is 2.00 e. The van der Waals surface area contributed by atoms with E-state index in [9.17, 15) is 17.6 Å². The minimum absolute atomic E-state index is 0. The Bertz CT molecular complexity index is 244. The normalized spacial score (nSPS) is 34.9. The van der Waals surface area contributed by atoms with Crippen LogP contribution in [0.2, 0.25) is 0 Å². The van der Waals surface area contributed by atoms with E-state index in [0.29, 0.717) is 12.2 Å². The Morgan fingerprint density at radius 2 is 2.00 bits per heavy atom. The van der Waals surface area contributed by atoms with Gasteiger partial charge in [0, 0.05) is 12.2 Å². The average molecular weight is 257 g/mol. The molecule has 0 saturated carbocycles. The SMILES string of the molecule is FC1=CC(F)(Br)C(F)C(F)=C1.[H-].[H-].[Mg+2]. The molecule has 1 aliphatic rings. The molecule has 0 radical (unpaired) electrons. The van der Waals surface area contributed by atoms with E-state index in [1.165, 1.54) is 0 Å². The molecule has 0 nitrogen and oxygen atoms in total. The molecule has 0 spiro atoms. The average Bonchev–Trinajstić information content (AvgIpc) is 1.81. The zero-order valence-corrected chi connectivity index (χ0v) is 8.83. The third kappa shape index (κ3) is 2.46. The molecule has 66 valence electrons. The minimum atomic E-state index is -2.75. The summed E-state index contributed by atoms with van der Waals surface area (Å²) in [5.74, 6) is -2.58. The Morgan fingerprint density at radius 1 is 1.50 bits per heavy atom. The van der Waals surface area contributed by atoms with Crippen LogP contribution in [0.5, 0.6) is 0 Å². The van der Waals surface area contributed by atoms with Gasteiger partial charge in [-0.1, -0.05) is 0 Å². The molecule has 0 amide bonds. The van der Waals surface area contributed by atoms with Gasteiger partial charge >= 0.3 is 23.1 Å². The van der Waals surface area contributed by atoms with E-state index < -0.39 is 22.4 Å². The van der Waals surface area contributed by atoms with Crippen molar-refractivity contribution in [1.82, 2.24) is 0 Å². The van der Waals surface area contributed by atoms with Crippen LogP contribution in [-0.2, 0) is 0 Å². The smallest absolute Gasteiger partial charge is 1.00 e. The number of hydrogen-bond donors (Lipinski definition) is 0. The van der Waals surface area contributed by atoms with E-state index >= 15 is 0 Å². The Hall–Kier alpha value is 0.446. The maximum absolute atomic E-state index is 12.7. The van der Waals surface area contributed by atoms with Crippen molar-refractivity contribution in [3.05, 3.63) is 23.8 Å². The molecule has 0 aliphatic heterocycles. The summed E-state index contributed by atoms with van der Waals surface area (Å²) in [6, 6.07) is 0. The standard InChI is InChI=1S/C6H3BrF4.Mg.2H/c7-6(11)2-3(8)1-4(9)5(6)10;;;/h1-2,5H;;;/q;+2;2*-1. The fourth-order valence-electron chi connectivity index (χ4n) is 0.687.